The highest BCUT2D eigenvalue weighted by Crippen LogP contribution is 2.72. The lowest BCUT2D eigenvalue weighted by atomic mass is 9.39. The van der Waals surface area contributed by atoms with Crippen LogP contribution in [0.2, 0.25) is 0 Å². The molecule has 202 valence electrons. The predicted molar refractivity (Wildman–Crippen MR) is 142 cm³/mol. The van der Waals surface area contributed by atoms with Crippen molar-refractivity contribution in [3.8, 4) is 0 Å². The van der Waals surface area contributed by atoms with Crippen molar-refractivity contribution in [2.75, 3.05) is 13.2 Å². The van der Waals surface area contributed by atoms with E-state index in [4.69, 9.17) is 9.47 Å². The van der Waals surface area contributed by atoms with Crippen LogP contribution in [-0.2, 0) is 9.47 Å². The molecule has 4 nitrogen and oxygen atoms in total. The minimum absolute atomic E-state index is 0.0106. The van der Waals surface area contributed by atoms with E-state index in [1.54, 1.807) is 0 Å². The van der Waals surface area contributed by atoms with Crippen LogP contribution in [0.15, 0.2) is 12.2 Å². The van der Waals surface area contributed by atoms with Gasteiger partial charge in [-0.1, -0.05) is 96.6 Å². The Labute approximate surface area is 215 Å². The Morgan fingerprint density at radius 3 is 2.26 bits per heavy atom. The van der Waals surface area contributed by atoms with Crippen molar-refractivity contribution in [2.24, 2.45) is 29.1 Å². The molecule has 4 aliphatic rings. The van der Waals surface area contributed by atoms with E-state index in [1.165, 1.54) is 70.6 Å². The fourth-order valence-corrected chi connectivity index (χ4v) is 8.49. The van der Waals surface area contributed by atoms with Crippen molar-refractivity contribution in [3.63, 3.8) is 0 Å². The molecule has 4 rings (SSSR count). The van der Waals surface area contributed by atoms with E-state index in [1.807, 2.05) is 0 Å². The third-order valence-electron chi connectivity index (χ3n) is 10.2. The molecule has 0 bridgehead atoms. The highest BCUT2D eigenvalue weighted by atomic mass is 16.7. The van der Waals surface area contributed by atoms with Gasteiger partial charge in [0.25, 0.3) is 0 Å². The van der Waals surface area contributed by atoms with E-state index >= 15 is 0 Å². The molecule has 4 heteroatoms. The molecule has 2 N–H and O–H groups in total. The summed E-state index contributed by atoms with van der Waals surface area (Å²) in [5.74, 6) is 0.790. The van der Waals surface area contributed by atoms with Crippen LogP contribution in [0, 0.1) is 29.1 Å². The molecule has 6 atom stereocenters. The molecule has 4 fully saturated rings. The second-order valence-corrected chi connectivity index (χ2v) is 12.3. The van der Waals surface area contributed by atoms with Gasteiger partial charge < -0.3 is 19.7 Å². The fourth-order valence-electron chi connectivity index (χ4n) is 8.49. The summed E-state index contributed by atoms with van der Waals surface area (Å²) in [7, 11) is 0. The molecule has 1 heterocycles. The molecule has 0 aromatic carbocycles. The topological polar surface area (TPSA) is 58.9 Å². The summed E-state index contributed by atoms with van der Waals surface area (Å²) in [4.78, 5) is 0. The normalized spacial score (nSPS) is 35.9. The van der Waals surface area contributed by atoms with E-state index in [0.29, 0.717) is 31.0 Å². The van der Waals surface area contributed by atoms with Crippen LogP contribution in [-0.4, -0.2) is 41.4 Å². The number of fused-ring (bicyclic) bond motifs is 2. The molecular weight excluding hydrogens is 436 g/mol. The van der Waals surface area contributed by atoms with Gasteiger partial charge in [0.05, 0.1) is 25.4 Å². The zero-order valence-corrected chi connectivity index (χ0v) is 22.8. The lowest BCUT2D eigenvalue weighted by Gasteiger charge is -2.71. The fraction of sp³-hybridized carbons (Fsp3) is 0.935. The Kier molecular flexibility index (Phi) is 10.2. The van der Waals surface area contributed by atoms with E-state index in [9.17, 15) is 10.2 Å². The van der Waals surface area contributed by atoms with Gasteiger partial charge in [-0.25, -0.2) is 0 Å². The van der Waals surface area contributed by atoms with Crippen molar-refractivity contribution in [3.05, 3.63) is 12.2 Å². The third-order valence-corrected chi connectivity index (χ3v) is 10.2. The SMILES string of the molecule is CCCCCCC1[C@H]2[C@H](/C=C/[C@@H](O)C3CCCCC3)[C@@H](O)CC[C@@]2(CCCCCC)C12OCCO2. The van der Waals surface area contributed by atoms with E-state index in [0.717, 1.165) is 38.5 Å². The van der Waals surface area contributed by atoms with Crippen LogP contribution in [0.5, 0.6) is 0 Å². The number of unbranched alkanes of at least 4 members (excludes halogenated alkanes) is 6. The van der Waals surface area contributed by atoms with Gasteiger partial charge >= 0.3 is 0 Å². The van der Waals surface area contributed by atoms with Gasteiger partial charge in [-0.05, 0) is 50.4 Å². The average Bonchev–Trinajstić information content (AvgIpc) is 3.40. The summed E-state index contributed by atoms with van der Waals surface area (Å²) in [5.41, 5.74) is 0.0106. The summed E-state index contributed by atoms with van der Waals surface area (Å²) in [6, 6.07) is 0. The van der Waals surface area contributed by atoms with E-state index in [-0.39, 0.29) is 23.5 Å². The van der Waals surface area contributed by atoms with E-state index < -0.39 is 5.79 Å². The van der Waals surface area contributed by atoms with Crippen molar-refractivity contribution in [1.82, 2.24) is 0 Å². The maximum absolute atomic E-state index is 11.3. The molecule has 3 aliphatic carbocycles. The Hall–Kier alpha value is -0.420. The van der Waals surface area contributed by atoms with E-state index in [2.05, 4.69) is 26.0 Å². The molecular formula is C31H54O4. The minimum Gasteiger partial charge on any atom is -0.393 e. The third kappa shape index (κ3) is 5.56. The minimum atomic E-state index is -0.440. The first-order chi connectivity index (χ1) is 17.1. The van der Waals surface area contributed by atoms with Crippen LogP contribution in [0.3, 0.4) is 0 Å². The zero-order chi connectivity index (χ0) is 24.7. The van der Waals surface area contributed by atoms with Crippen molar-refractivity contribution < 1.29 is 19.7 Å². The lowest BCUT2D eigenvalue weighted by Crippen LogP contribution is -2.75. The lowest BCUT2D eigenvalue weighted by molar-refractivity contribution is -0.394. The Balaban J connectivity index is 1.56. The summed E-state index contributed by atoms with van der Waals surface area (Å²) in [5, 5.41) is 22.3. The van der Waals surface area contributed by atoms with Crippen LogP contribution < -0.4 is 0 Å². The van der Waals surface area contributed by atoms with Crippen LogP contribution in [0.1, 0.15) is 123 Å². The quantitative estimate of drug-likeness (QED) is 0.212. The standard InChI is InChI=1S/C31H54O4/c1-3-5-7-12-16-26-29-25(17-18-27(32)24-14-10-9-11-15-24)28(33)19-21-30(29,20-13-8-6-4-2)31(26)34-22-23-35-31/h17-18,24-29,32-33H,3-16,19-23H2,1-2H3/b18-17+/t25-,26?,27-,28+,29-,30-/m1/s1. The molecule has 0 radical (unpaired) electrons. The average molecular weight is 491 g/mol. The first kappa shape index (κ1) is 27.6. The molecule has 0 aromatic rings. The maximum atomic E-state index is 11.3. The summed E-state index contributed by atoms with van der Waals surface area (Å²) in [6.07, 6.45) is 23.8. The van der Waals surface area contributed by atoms with Crippen molar-refractivity contribution in [1.29, 1.82) is 0 Å². The Morgan fingerprint density at radius 1 is 0.886 bits per heavy atom. The summed E-state index contributed by atoms with van der Waals surface area (Å²) < 4.78 is 13.2. The Morgan fingerprint density at radius 2 is 1.57 bits per heavy atom. The first-order valence-corrected chi connectivity index (χ1v) is 15.4. The monoisotopic (exact) mass is 490 g/mol. The first-order valence-electron chi connectivity index (χ1n) is 15.4. The molecule has 1 unspecified atom stereocenters. The Bertz CT molecular complexity index is 650. The number of hydrogen-bond acceptors (Lipinski definition) is 4. The number of rotatable bonds is 13. The second kappa shape index (κ2) is 12.9. The van der Waals surface area contributed by atoms with Crippen LogP contribution >= 0.6 is 0 Å². The zero-order valence-electron chi connectivity index (χ0n) is 22.8. The number of aliphatic hydroxyl groups excluding tert-OH is 2. The number of hydrogen-bond donors (Lipinski definition) is 2. The molecule has 1 aliphatic heterocycles. The highest BCUT2D eigenvalue weighted by Gasteiger charge is 2.76. The molecule has 1 saturated heterocycles. The summed E-state index contributed by atoms with van der Waals surface area (Å²) >= 11 is 0. The van der Waals surface area contributed by atoms with Crippen molar-refractivity contribution >= 4 is 0 Å². The van der Waals surface area contributed by atoms with Crippen LogP contribution in [0.25, 0.3) is 0 Å². The predicted octanol–water partition coefficient (Wildman–Crippen LogP) is 7.17. The molecule has 0 amide bonds. The van der Waals surface area contributed by atoms with Crippen molar-refractivity contribution in [2.45, 2.75) is 141 Å². The number of aliphatic hydroxyl groups is 2. The summed E-state index contributed by atoms with van der Waals surface area (Å²) in [6.45, 7) is 5.96. The smallest absolute Gasteiger partial charge is 0.177 e. The van der Waals surface area contributed by atoms with Gasteiger partial charge in [0.1, 0.15) is 0 Å². The highest BCUT2D eigenvalue weighted by molar-refractivity contribution is 5.22. The van der Waals surface area contributed by atoms with Gasteiger partial charge in [-0.15, -0.1) is 0 Å². The molecule has 0 aromatic heterocycles. The molecule has 3 saturated carbocycles. The van der Waals surface area contributed by atoms with Gasteiger partial charge in [0, 0.05) is 17.3 Å². The largest absolute Gasteiger partial charge is 0.393 e. The second-order valence-electron chi connectivity index (χ2n) is 12.3. The van der Waals surface area contributed by atoms with Gasteiger partial charge in [-0.3, -0.25) is 0 Å². The van der Waals surface area contributed by atoms with Gasteiger partial charge in [0.15, 0.2) is 5.79 Å². The van der Waals surface area contributed by atoms with Crippen LogP contribution in [0.4, 0.5) is 0 Å². The molecule has 35 heavy (non-hydrogen) atoms. The van der Waals surface area contributed by atoms with Gasteiger partial charge in [0.2, 0.25) is 0 Å². The number of ether oxygens (including phenoxy) is 2. The van der Waals surface area contributed by atoms with Gasteiger partial charge in [-0.2, -0.15) is 0 Å². The maximum Gasteiger partial charge on any atom is 0.177 e. The molecule has 1 spiro atoms.